The Bertz CT molecular complexity index is 1200. The molecule has 2 heteroatoms. The summed E-state index contributed by atoms with van der Waals surface area (Å²) in [7, 11) is 0. The lowest BCUT2D eigenvalue weighted by Gasteiger charge is -2.37. The zero-order chi connectivity index (χ0) is 36.8. The molecule has 2 nitrogen and oxygen atoms in total. The van der Waals surface area contributed by atoms with E-state index in [0.717, 1.165) is 13.0 Å². The topological polar surface area (TPSA) is 8.81 Å². The van der Waals surface area contributed by atoms with Gasteiger partial charge in [-0.05, 0) is 43.2 Å². The van der Waals surface area contributed by atoms with Gasteiger partial charge in [-0.2, -0.15) is 0 Å². The molecule has 52 heavy (non-hydrogen) atoms. The molecule has 3 rings (SSSR count). The van der Waals surface area contributed by atoms with Crippen LogP contribution in [0.25, 0.3) is 0 Å². The minimum Gasteiger partial charge on any atom is -0.237 e. The summed E-state index contributed by atoms with van der Waals surface area (Å²) in [6.07, 6.45) is 47.6. The average molecular weight is 712 g/mol. The first-order chi connectivity index (χ1) is 25.7. The minimum absolute atomic E-state index is 0.00542. The van der Waals surface area contributed by atoms with Crippen LogP contribution in [0, 0.1) is 0 Å². The molecule has 0 aliphatic heterocycles. The van der Waals surface area contributed by atoms with Crippen LogP contribution in [-0.4, -0.2) is 4.57 Å². The molecular weight excluding hydrogens is 629 g/mol. The first kappa shape index (κ1) is 44.0. The van der Waals surface area contributed by atoms with Gasteiger partial charge in [-0.25, -0.2) is 9.13 Å². The van der Waals surface area contributed by atoms with Crippen LogP contribution >= 0.6 is 0 Å². The van der Waals surface area contributed by atoms with Gasteiger partial charge in [-0.1, -0.05) is 236 Å². The molecule has 1 aromatic heterocycles. The molecule has 2 atom stereocenters. The Labute approximate surface area is 323 Å². The third-order valence-corrected chi connectivity index (χ3v) is 12.0. The second-order valence-electron chi connectivity index (χ2n) is 16.7. The van der Waals surface area contributed by atoms with E-state index in [1.165, 1.54) is 191 Å². The summed E-state index contributed by atoms with van der Waals surface area (Å²) in [5.41, 5.74) is 2.91. The molecule has 3 aromatic rings. The van der Waals surface area contributed by atoms with Crippen molar-refractivity contribution < 1.29 is 4.57 Å². The van der Waals surface area contributed by atoms with Gasteiger partial charge in [0.1, 0.15) is 18.4 Å². The molecule has 2 unspecified atom stereocenters. The maximum Gasteiger partial charge on any atom is 0.244 e. The Kier molecular flexibility index (Phi) is 24.6. The van der Waals surface area contributed by atoms with Crippen molar-refractivity contribution in [1.29, 1.82) is 0 Å². The highest BCUT2D eigenvalue weighted by Gasteiger charge is 2.40. The highest BCUT2D eigenvalue weighted by Crippen LogP contribution is 2.41. The number of aryl methyl sites for hydroxylation is 1. The lowest BCUT2D eigenvalue weighted by molar-refractivity contribution is -0.697. The second kappa shape index (κ2) is 29.1. The number of nitrogens with zero attached hydrogens (tertiary/aromatic N) is 2. The van der Waals surface area contributed by atoms with E-state index in [1.54, 1.807) is 0 Å². The Balaban J connectivity index is 1.49. The van der Waals surface area contributed by atoms with Crippen LogP contribution in [0.15, 0.2) is 79.4 Å². The minimum atomic E-state index is 0.00542. The number of imidazole rings is 1. The molecule has 2 aromatic carbocycles. The van der Waals surface area contributed by atoms with Crippen LogP contribution in [-0.2, 0) is 18.4 Å². The molecule has 0 N–H and O–H groups in total. The van der Waals surface area contributed by atoms with Gasteiger partial charge in [0.15, 0.2) is 0 Å². The lowest BCUT2D eigenvalue weighted by atomic mass is 9.70. The number of unbranched alkanes of at least 4 members (excludes halogenated alkanes) is 25. The van der Waals surface area contributed by atoms with Crippen molar-refractivity contribution in [2.45, 2.75) is 225 Å². The van der Waals surface area contributed by atoms with Gasteiger partial charge in [0.05, 0.1) is 6.54 Å². The van der Waals surface area contributed by atoms with Gasteiger partial charge >= 0.3 is 0 Å². The highest BCUT2D eigenvalue weighted by atomic mass is 15.1. The molecule has 0 spiro atoms. The molecule has 0 amide bonds. The molecule has 0 bridgehead atoms. The van der Waals surface area contributed by atoms with Gasteiger partial charge in [0, 0.05) is 5.41 Å². The van der Waals surface area contributed by atoms with Gasteiger partial charge in [0.2, 0.25) is 6.33 Å². The summed E-state index contributed by atoms with van der Waals surface area (Å²) >= 11 is 0. The summed E-state index contributed by atoms with van der Waals surface area (Å²) in [6, 6.07) is 23.1. The van der Waals surface area contributed by atoms with E-state index in [2.05, 4.69) is 109 Å². The number of hydrogen-bond donors (Lipinski definition) is 0. The van der Waals surface area contributed by atoms with Crippen LogP contribution in [0.3, 0.4) is 0 Å². The van der Waals surface area contributed by atoms with E-state index in [9.17, 15) is 0 Å². The lowest BCUT2D eigenvalue weighted by Crippen LogP contribution is -2.38. The number of rotatable bonds is 34. The Hall–Kier alpha value is -2.35. The molecule has 0 fully saturated rings. The molecule has 0 aliphatic carbocycles. The average Bonchev–Trinajstić information content (AvgIpc) is 3.64. The van der Waals surface area contributed by atoms with Crippen molar-refractivity contribution in [3.8, 4) is 0 Å². The molecule has 0 aliphatic rings. The number of aromatic nitrogens is 2. The quantitative estimate of drug-likeness (QED) is 0.0431. The highest BCUT2D eigenvalue weighted by molar-refractivity contribution is 5.30. The van der Waals surface area contributed by atoms with Crippen LogP contribution in [0.2, 0.25) is 0 Å². The van der Waals surface area contributed by atoms with Crippen LogP contribution in [0.1, 0.15) is 218 Å². The maximum atomic E-state index is 2.60. The Morgan fingerprint density at radius 2 is 0.904 bits per heavy atom. The van der Waals surface area contributed by atoms with Crippen molar-refractivity contribution in [1.82, 2.24) is 4.57 Å². The smallest absolute Gasteiger partial charge is 0.237 e. The van der Waals surface area contributed by atoms with E-state index < -0.39 is 0 Å². The summed E-state index contributed by atoms with van der Waals surface area (Å²) in [5.74, 6) is 0. The predicted octanol–water partition coefficient (Wildman–Crippen LogP) is 15.5. The van der Waals surface area contributed by atoms with Crippen molar-refractivity contribution in [2.75, 3.05) is 0 Å². The largest absolute Gasteiger partial charge is 0.244 e. The van der Waals surface area contributed by atoms with Crippen molar-refractivity contribution in [3.05, 3.63) is 90.5 Å². The van der Waals surface area contributed by atoms with E-state index in [4.69, 9.17) is 0 Å². The van der Waals surface area contributed by atoms with Crippen LogP contribution in [0.4, 0.5) is 0 Å². The molecule has 0 radical (unpaired) electrons. The fourth-order valence-corrected chi connectivity index (χ4v) is 8.62. The second-order valence-corrected chi connectivity index (χ2v) is 16.7. The fourth-order valence-electron chi connectivity index (χ4n) is 8.62. The predicted molar refractivity (Wildman–Crippen MR) is 228 cm³/mol. The summed E-state index contributed by atoms with van der Waals surface area (Å²) < 4.78 is 5.07. The third-order valence-electron chi connectivity index (χ3n) is 12.0. The molecule has 1 heterocycles. The molecule has 292 valence electrons. The van der Waals surface area contributed by atoms with Crippen molar-refractivity contribution in [3.63, 3.8) is 0 Å². The fraction of sp³-hybridized carbons (Fsp3) is 0.700. The van der Waals surface area contributed by atoms with Gasteiger partial charge < -0.3 is 0 Å². The summed E-state index contributed by atoms with van der Waals surface area (Å²) in [5, 5.41) is 0. The van der Waals surface area contributed by atoms with Crippen LogP contribution < -0.4 is 4.57 Å². The van der Waals surface area contributed by atoms with E-state index in [-0.39, 0.29) is 5.41 Å². The van der Waals surface area contributed by atoms with Gasteiger partial charge in [-0.3, -0.25) is 0 Å². The maximum absolute atomic E-state index is 2.60. The normalized spacial score (nSPS) is 13.4. The van der Waals surface area contributed by atoms with Crippen molar-refractivity contribution in [2.24, 2.45) is 0 Å². The summed E-state index contributed by atoms with van der Waals surface area (Å²) in [6.45, 7) is 8.30. The molecule has 0 saturated carbocycles. The van der Waals surface area contributed by atoms with Crippen LogP contribution in [0.5, 0.6) is 0 Å². The van der Waals surface area contributed by atoms with Gasteiger partial charge in [-0.15, -0.1) is 0 Å². The third kappa shape index (κ3) is 18.6. The van der Waals surface area contributed by atoms with Gasteiger partial charge in [0.25, 0.3) is 0 Å². The zero-order valence-electron chi connectivity index (χ0n) is 34.7. The first-order valence-corrected chi connectivity index (χ1v) is 22.8. The summed E-state index contributed by atoms with van der Waals surface area (Å²) in [4.78, 5) is 0. The SMILES string of the molecule is CCCCCCCCCCCCCCCCCC(n1cc[n+](CCCCCCCCCCCCCC)c1)C(C)(Cc1ccccc1)c1ccccc1. The van der Waals surface area contributed by atoms with E-state index in [1.807, 2.05) is 0 Å². The number of benzene rings is 2. The Morgan fingerprint density at radius 1 is 0.500 bits per heavy atom. The zero-order valence-corrected chi connectivity index (χ0v) is 34.7. The molecule has 0 saturated heterocycles. The number of hydrogen-bond acceptors (Lipinski definition) is 0. The van der Waals surface area contributed by atoms with Crippen molar-refractivity contribution >= 4 is 0 Å². The molecular formula is C50H83N2+. The van der Waals surface area contributed by atoms with E-state index in [0.29, 0.717) is 6.04 Å². The Morgan fingerprint density at radius 3 is 1.37 bits per heavy atom. The van der Waals surface area contributed by atoms with E-state index >= 15 is 0 Å². The monoisotopic (exact) mass is 712 g/mol. The first-order valence-electron chi connectivity index (χ1n) is 22.8. The standard InChI is InChI=1S/C50H83N2/c1-4-6-8-10-12-14-16-18-19-20-21-23-25-27-35-41-49(50(3,48-39-33-30-34-40-48)45-47-37-31-29-32-38-47)52-44-43-51(46-52)42-36-28-26-24-22-17-15-13-11-9-7-5-2/h29-34,37-40,43-44,46,49H,4-28,35-36,41-42,45H2,1-3H3/q+1.